The molecule has 1 aromatic carbocycles. The molecule has 0 saturated carbocycles. The van der Waals surface area contributed by atoms with Crippen molar-refractivity contribution in [2.24, 2.45) is 5.92 Å². The lowest BCUT2D eigenvalue weighted by Gasteiger charge is -2.37. The molecular weight excluding hydrogens is 480 g/mol. The van der Waals surface area contributed by atoms with E-state index in [0.29, 0.717) is 12.0 Å². The number of ether oxygens (including phenoxy) is 1. The molecule has 0 bridgehead atoms. The number of anilines is 1. The average molecular weight is 539 g/mol. The normalized spacial score (nSPS) is 16.1. The van der Waals surface area contributed by atoms with E-state index >= 15 is 0 Å². The number of nitrogens with zero attached hydrogens (tertiary/aromatic N) is 1. The van der Waals surface area contributed by atoms with Gasteiger partial charge in [-0.25, -0.2) is 0 Å². The summed E-state index contributed by atoms with van der Waals surface area (Å²) in [4.78, 5) is 6.02. The summed E-state index contributed by atoms with van der Waals surface area (Å²) in [6.07, 6.45) is 14.1. The van der Waals surface area contributed by atoms with Gasteiger partial charge < -0.3 is 25.3 Å². The second kappa shape index (κ2) is 16.4. The van der Waals surface area contributed by atoms with E-state index in [1.54, 1.807) is 0 Å². The number of hydrogen-bond acceptors (Lipinski definition) is 4. The van der Waals surface area contributed by atoms with Crippen LogP contribution in [0.4, 0.5) is 5.82 Å². The molecule has 39 heavy (non-hydrogen) atoms. The van der Waals surface area contributed by atoms with Gasteiger partial charge in [0.25, 0.3) is 0 Å². The quantitative estimate of drug-likeness (QED) is 0.236. The van der Waals surface area contributed by atoms with Gasteiger partial charge >= 0.3 is 0 Å². The predicted octanol–water partition coefficient (Wildman–Crippen LogP) is 8.93. The third kappa shape index (κ3) is 8.41. The second-order valence-corrected chi connectivity index (χ2v) is 10.3. The Kier molecular flexibility index (Phi) is 13.7. The first-order chi connectivity index (χ1) is 18.3. The van der Waals surface area contributed by atoms with Crippen LogP contribution in [0, 0.1) is 5.92 Å². The highest BCUT2D eigenvalue weighted by molar-refractivity contribution is 5.97. The van der Waals surface area contributed by atoms with Crippen molar-refractivity contribution in [1.29, 1.82) is 0 Å². The van der Waals surface area contributed by atoms with Crippen molar-refractivity contribution in [2.45, 2.75) is 100 Å². The number of aromatic amines is 1. The Hall–Kier alpha value is -2.66. The molecule has 2 aromatic rings. The number of likely N-dealkylation sites (tertiary alicyclic amines) is 1. The Balaban J connectivity index is 0.00000157. The molecule has 3 N–H and O–H groups in total. The lowest BCUT2D eigenvalue weighted by Crippen LogP contribution is -2.35. The zero-order chi connectivity index (χ0) is 26.0. The molecule has 0 aliphatic carbocycles. The minimum Gasteiger partial charge on any atom is -0.378 e. The molecule has 3 aliphatic heterocycles. The van der Waals surface area contributed by atoms with E-state index in [0.717, 1.165) is 44.9 Å². The summed E-state index contributed by atoms with van der Waals surface area (Å²) in [5.41, 5.74) is 8.33. The van der Waals surface area contributed by atoms with Gasteiger partial charge in [0, 0.05) is 62.8 Å². The predicted molar refractivity (Wildman–Crippen MR) is 173 cm³/mol. The fraction of sp³-hybridized carbons (Fsp3) is 0.588. The highest BCUT2D eigenvalue weighted by atomic mass is 16.5. The van der Waals surface area contributed by atoms with Crippen LogP contribution in [-0.4, -0.2) is 42.2 Å². The van der Waals surface area contributed by atoms with Gasteiger partial charge in [-0.05, 0) is 55.7 Å². The first-order valence-electron chi connectivity index (χ1n) is 14.8. The van der Waals surface area contributed by atoms with Gasteiger partial charge in [0.05, 0.1) is 11.8 Å². The van der Waals surface area contributed by atoms with Crippen LogP contribution in [0.5, 0.6) is 0 Å². The number of H-pyrrole nitrogens is 1. The van der Waals surface area contributed by atoms with Crippen LogP contribution in [0.3, 0.4) is 0 Å². The summed E-state index contributed by atoms with van der Waals surface area (Å²) in [7, 11) is 0. The number of nitrogens with one attached hydrogen (secondary N) is 3. The van der Waals surface area contributed by atoms with E-state index in [-0.39, 0.29) is 16.3 Å². The molecule has 5 nitrogen and oxygen atoms in total. The molecule has 0 amide bonds. The van der Waals surface area contributed by atoms with Gasteiger partial charge in [0.2, 0.25) is 0 Å². The minimum atomic E-state index is 0. The number of allylic oxidation sites excluding steroid dienone is 1. The van der Waals surface area contributed by atoms with Crippen LogP contribution in [0.2, 0.25) is 0 Å². The summed E-state index contributed by atoms with van der Waals surface area (Å²) < 4.78 is 6.17. The molecule has 220 valence electrons. The molecule has 0 radical (unpaired) electrons. The molecule has 1 fully saturated rings. The Morgan fingerprint density at radius 3 is 2.28 bits per heavy atom. The third-order valence-corrected chi connectivity index (χ3v) is 7.78. The van der Waals surface area contributed by atoms with Gasteiger partial charge in [0.1, 0.15) is 5.82 Å². The Morgan fingerprint density at radius 2 is 1.67 bits per heavy atom. The van der Waals surface area contributed by atoms with Crippen LogP contribution >= 0.6 is 0 Å². The molecule has 0 unspecified atom stereocenters. The highest BCUT2D eigenvalue weighted by Crippen LogP contribution is 2.40. The van der Waals surface area contributed by atoms with Crippen LogP contribution in [-0.2, 0) is 11.2 Å². The third-order valence-electron chi connectivity index (χ3n) is 7.78. The topological polar surface area (TPSA) is 62.2 Å². The van der Waals surface area contributed by atoms with Gasteiger partial charge in [-0.15, -0.1) is 0 Å². The summed E-state index contributed by atoms with van der Waals surface area (Å²) in [6, 6.07) is 11.5. The zero-order valence-corrected chi connectivity index (χ0v) is 23.5. The lowest BCUT2D eigenvalue weighted by atomic mass is 9.91. The van der Waals surface area contributed by atoms with Crippen LogP contribution in [0.15, 0.2) is 48.4 Å². The largest absolute Gasteiger partial charge is 0.378 e. The van der Waals surface area contributed by atoms with Gasteiger partial charge in [0.15, 0.2) is 0 Å². The van der Waals surface area contributed by atoms with Crippen LogP contribution < -0.4 is 10.6 Å². The Morgan fingerprint density at radius 1 is 1.00 bits per heavy atom. The summed E-state index contributed by atoms with van der Waals surface area (Å²) in [5, 5.41) is 6.93. The standard InChI is InChI=1S/C30H42N4O.C2H6.2CH4.H2/c1-3-6-25(7-4-2)35-19-5-8-22-9-11-23(12-10-22)27-20-33-30-26(13-16-31-30)29(27)34-17-14-24(15-18-34)28-21-32-28;1-2;;;/h9-13,16,21,24-25,31-33H,3-8,14-15,17-20H2,1-2H3;1-2H3;2*1H4;1H. The van der Waals surface area contributed by atoms with E-state index in [1.165, 1.54) is 72.2 Å². The summed E-state index contributed by atoms with van der Waals surface area (Å²) in [6.45, 7) is 12.4. The molecule has 3 aliphatic rings. The molecule has 5 rings (SSSR count). The molecular formula is C34H58N4O. The lowest BCUT2D eigenvalue weighted by molar-refractivity contribution is 0.0394. The fourth-order valence-electron chi connectivity index (χ4n) is 5.78. The van der Waals surface area contributed by atoms with Crippen LogP contribution in [0.1, 0.15) is 106 Å². The van der Waals surface area contributed by atoms with Crippen molar-refractivity contribution >= 4 is 17.1 Å². The number of aromatic nitrogens is 1. The number of hydrogen-bond donors (Lipinski definition) is 3. The Labute approximate surface area is 241 Å². The van der Waals surface area contributed by atoms with Crippen molar-refractivity contribution in [3.05, 3.63) is 65.1 Å². The SMILES string of the molecule is C.C.CC.CCCC(CCC)OCCCc1ccc(C2=C(N3CCC(C4=CN4)CC3)c3cc[nH]c3NC2)cc1.[HH]. The maximum Gasteiger partial charge on any atom is 0.113 e. The number of fused-ring (bicyclic) bond motifs is 1. The van der Waals surface area contributed by atoms with Crippen LogP contribution in [0.25, 0.3) is 11.3 Å². The number of aryl methyl sites for hydroxylation is 1. The summed E-state index contributed by atoms with van der Waals surface area (Å²) in [5.74, 6) is 1.86. The van der Waals surface area contributed by atoms with Crippen molar-refractivity contribution in [3.8, 4) is 0 Å². The highest BCUT2D eigenvalue weighted by Gasteiger charge is 2.31. The van der Waals surface area contributed by atoms with Gasteiger partial charge in [-0.2, -0.15) is 0 Å². The number of rotatable bonds is 12. The van der Waals surface area contributed by atoms with E-state index in [4.69, 9.17) is 4.74 Å². The number of piperidine rings is 1. The second-order valence-electron chi connectivity index (χ2n) is 10.3. The molecule has 0 atom stereocenters. The molecule has 4 heterocycles. The van der Waals surface area contributed by atoms with Crippen molar-refractivity contribution in [1.82, 2.24) is 15.2 Å². The minimum absolute atomic E-state index is 0. The molecule has 1 aromatic heterocycles. The fourth-order valence-corrected chi connectivity index (χ4v) is 5.78. The maximum absolute atomic E-state index is 6.17. The maximum atomic E-state index is 6.17. The first-order valence-corrected chi connectivity index (χ1v) is 14.8. The average Bonchev–Trinajstić information content (AvgIpc) is 3.69. The summed E-state index contributed by atoms with van der Waals surface area (Å²) >= 11 is 0. The van der Waals surface area contributed by atoms with Crippen molar-refractivity contribution < 1.29 is 6.16 Å². The van der Waals surface area contributed by atoms with Gasteiger partial charge in [-0.1, -0.05) is 79.7 Å². The molecule has 1 saturated heterocycles. The Bertz CT molecular complexity index is 1030. The van der Waals surface area contributed by atoms with Crippen molar-refractivity contribution in [3.63, 3.8) is 0 Å². The van der Waals surface area contributed by atoms with Crippen molar-refractivity contribution in [2.75, 3.05) is 31.6 Å². The molecule has 5 heteroatoms. The van der Waals surface area contributed by atoms with E-state index in [1.807, 2.05) is 13.8 Å². The first kappa shape index (κ1) is 32.6. The number of benzene rings is 1. The smallest absolute Gasteiger partial charge is 0.113 e. The van der Waals surface area contributed by atoms with E-state index < -0.39 is 0 Å². The van der Waals surface area contributed by atoms with E-state index in [9.17, 15) is 0 Å². The molecule has 0 spiro atoms. The van der Waals surface area contributed by atoms with Gasteiger partial charge in [-0.3, -0.25) is 0 Å². The zero-order valence-electron chi connectivity index (χ0n) is 23.5. The monoisotopic (exact) mass is 538 g/mol. The van der Waals surface area contributed by atoms with E-state index in [2.05, 4.69) is 77.1 Å².